The zero-order chi connectivity index (χ0) is 16.2. The van der Waals surface area contributed by atoms with Gasteiger partial charge in [0.1, 0.15) is 5.82 Å². The first-order chi connectivity index (χ1) is 9.61. The molecule has 1 rings (SSSR count). The van der Waals surface area contributed by atoms with Crippen molar-refractivity contribution in [2.45, 2.75) is 33.8 Å². The zero-order valence-electron chi connectivity index (χ0n) is 12.7. The highest BCUT2D eigenvalue weighted by Gasteiger charge is 2.24. The number of aliphatic hydroxyl groups is 1. The molecule has 1 aromatic rings. The number of amides is 2. The Morgan fingerprint density at radius 3 is 2.48 bits per heavy atom. The summed E-state index contributed by atoms with van der Waals surface area (Å²) in [6.07, 6.45) is -0.773. The minimum absolute atomic E-state index is 0.0299. The number of nitrogens with one attached hydrogen (secondary N) is 2. The topological polar surface area (TPSA) is 78.4 Å². The summed E-state index contributed by atoms with van der Waals surface area (Å²) < 4.78 is 13.1. The van der Waals surface area contributed by atoms with Gasteiger partial charge in [-0.3, -0.25) is 9.59 Å². The molecule has 116 valence electrons. The molecule has 0 fully saturated rings. The SMILES string of the molecule is Cc1ccc(F)cc1NC(=O)C(=O)NCC(O)C(C)(C)C. The van der Waals surface area contributed by atoms with Gasteiger partial charge in [-0.05, 0) is 30.0 Å². The van der Waals surface area contributed by atoms with Crippen LogP contribution in [0.25, 0.3) is 0 Å². The van der Waals surface area contributed by atoms with Crippen LogP contribution in [0.5, 0.6) is 0 Å². The Morgan fingerprint density at radius 2 is 1.90 bits per heavy atom. The Balaban J connectivity index is 2.60. The van der Waals surface area contributed by atoms with Gasteiger partial charge >= 0.3 is 11.8 Å². The fraction of sp³-hybridized carbons (Fsp3) is 0.467. The van der Waals surface area contributed by atoms with Crippen molar-refractivity contribution in [3.63, 3.8) is 0 Å². The van der Waals surface area contributed by atoms with Crippen LogP contribution in [0.4, 0.5) is 10.1 Å². The molecule has 5 nitrogen and oxygen atoms in total. The van der Waals surface area contributed by atoms with E-state index in [0.717, 1.165) is 6.07 Å². The number of carbonyl (C=O) groups is 2. The lowest BCUT2D eigenvalue weighted by Gasteiger charge is -2.25. The largest absolute Gasteiger partial charge is 0.391 e. The van der Waals surface area contributed by atoms with Gasteiger partial charge in [-0.2, -0.15) is 0 Å². The van der Waals surface area contributed by atoms with E-state index in [9.17, 15) is 19.1 Å². The van der Waals surface area contributed by atoms with Crippen LogP contribution in [0, 0.1) is 18.2 Å². The predicted molar refractivity (Wildman–Crippen MR) is 78.2 cm³/mol. The van der Waals surface area contributed by atoms with E-state index in [2.05, 4.69) is 10.6 Å². The maximum Gasteiger partial charge on any atom is 0.313 e. The Kier molecular flexibility index (Phi) is 5.43. The van der Waals surface area contributed by atoms with Gasteiger partial charge in [0.25, 0.3) is 0 Å². The van der Waals surface area contributed by atoms with Crippen molar-refractivity contribution in [1.82, 2.24) is 5.32 Å². The van der Waals surface area contributed by atoms with E-state index in [4.69, 9.17) is 0 Å². The van der Waals surface area contributed by atoms with Gasteiger partial charge in [0, 0.05) is 12.2 Å². The van der Waals surface area contributed by atoms with Crippen molar-refractivity contribution in [1.29, 1.82) is 0 Å². The van der Waals surface area contributed by atoms with Crippen LogP contribution in [0.2, 0.25) is 0 Å². The molecule has 0 radical (unpaired) electrons. The molecular formula is C15H21FN2O3. The summed E-state index contributed by atoms with van der Waals surface area (Å²) in [4.78, 5) is 23.4. The van der Waals surface area contributed by atoms with Crippen LogP contribution in [0.3, 0.4) is 0 Å². The molecule has 1 unspecified atom stereocenters. The molecule has 0 aliphatic heterocycles. The van der Waals surface area contributed by atoms with Gasteiger partial charge in [0.2, 0.25) is 0 Å². The first-order valence-electron chi connectivity index (χ1n) is 6.64. The lowest BCUT2D eigenvalue weighted by atomic mass is 9.89. The highest BCUT2D eigenvalue weighted by Crippen LogP contribution is 2.18. The molecule has 0 aromatic heterocycles. The Hall–Kier alpha value is -1.95. The smallest absolute Gasteiger partial charge is 0.313 e. The molecule has 0 aliphatic carbocycles. The number of hydrogen-bond acceptors (Lipinski definition) is 3. The fourth-order valence-corrected chi connectivity index (χ4v) is 1.48. The number of aryl methyl sites for hydroxylation is 1. The molecule has 2 amide bonds. The van der Waals surface area contributed by atoms with E-state index in [1.807, 2.05) is 20.8 Å². The van der Waals surface area contributed by atoms with Gasteiger partial charge in [0.15, 0.2) is 0 Å². The lowest BCUT2D eigenvalue weighted by molar-refractivity contribution is -0.136. The van der Waals surface area contributed by atoms with Gasteiger partial charge < -0.3 is 15.7 Å². The van der Waals surface area contributed by atoms with Crippen molar-refractivity contribution in [3.05, 3.63) is 29.6 Å². The molecule has 0 bridgehead atoms. The predicted octanol–water partition coefficient (Wildman–Crippen LogP) is 1.60. The second-order valence-corrected chi connectivity index (χ2v) is 6.01. The van der Waals surface area contributed by atoms with E-state index in [1.165, 1.54) is 12.1 Å². The first kappa shape index (κ1) is 17.1. The van der Waals surface area contributed by atoms with Crippen LogP contribution in [0.15, 0.2) is 18.2 Å². The quantitative estimate of drug-likeness (QED) is 0.741. The highest BCUT2D eigenvalue weighted by atomic mass is 19.1. The first-order valence-corrected chi connectivity index (χ1v) is 6.64. The maximum atomic E-state index is 13.1. The third-order valence-corrected chi connectivity index (χ3v) is 3.11. The van der Waals surface area contributed by atoms with Crippen molar-refractivity contribution in [3.8, 4) is 0 Å². The second-order valence-electron chi connectivity index (χ2n) is 6.01. The monoisotopic (exact) mass is 296 g/mol. The average molecular weight is 296 g/mol. The molecule has 0 spiro atoms. The molecule has 6 heteroatoms. The minimum Gasteiger partial charge on any atom is -0.391 e. The summed E-state index contributed by atoms with van der Waals surface area (Å²) in [5.41, 5.74) is 0.488. The summed E-state index contributed by atoms with van der Waals surface area (Å²) in [6, 6.07) is 3.92. The molecule has 0 saturated heterocycles. The number of anilines is 1. The Labute approximate surface area is 123 Å². The molecule has 0 heterocycles. The van der Waals surface area contributed by atoms with E-state index < -0.39 is 29.2 Å². The molecule has 3 N–H and O–H groups in total. The number of aliphatic hydroxyl groups excluding tert-OH is 1. The van der Waals surface area contributed by atoms with Crippen molar-refractivity contribution >= 4 is 17.5 Å². The number of hydrogen-bond donors (Lipinski definition) is 3. The second kappa shape index (κ2) is 6.67. The van der Waals surface area contributed by atoms with Crippen LogP contribution in [-0.2, 0) is 9.59 Å². The van der Waals surface area contributed by atoms with Crippen molar-refractivity contribution < 1.29 is 19.1 Å². The molecular weight excluding hydrogens is 275 g/mol. The highest BCUT2D eigenvalue weighted by molar-refractivity contribution is 6.39. The van der Waals surface area contributed by atoms with Crippen LogP contribution >= 0.6 is 0 Å². The molecule has 0 aliphatic rings. The van der Waals surface area contributed by atoms with Crippen LogP contribution in [0.1, 0.15) is 26.3 Å². The zero-order valence-corrected chi connectivity index (χ0v) is 12.7. The Bertz CT molecular complexity index is 538. The standard InChI is InChI=1S/C15H21FN2O3/c1-9-5-6-10(16)7-11(9)18-14(21)13(20)17-8-12(19)15(2,3)4/h5-7,12,19H,8H2,1-4H3,(H,17,20)(H,18,21). The third-order valence-electron chi connectivity index (χ3n) is 3.11. The van der Waals surface area contributed by atoms with Crippen LogP contribution in [-0.4, -0.2) is 29.6 Å². The minimum atomic E-state index is -0.898. The third kappa shape index (κ3) is 5.15. The fourth-order valence-electron chi connectivity index (χ4n) is 1.48. The summed E-state index contributed by atoms with van der Waals surface area (Å²) in [7, 11) is 0. The van der Waals surface area contributed by atoms with E-state index in [1.54, 1.807) is 6.92 Å². The lowest BCUT2D eigenvalue weighted by Crippen LogP contribution is -2.43. The van der Waals surface area contributed by atoms with Gasteiger partial charge in [-0.1, -0.05) is 26.8 Å². The number of benzene rings is 1. The van der Waals surface area contributed by atoms with E-state index >= 15 is 0 Å². The Morgan fingerprint density at radius 1 is 1.29 bits per heavy atom. The van der Waals surface area contributed by atoms with Gasteiger partial charge in [-0.15, -0.1) is 0 Å². The summed E-state index contributed by atoms with van der Waals surface area (Å²) in [5.74, 6) is -2.27. The van der Waals surface area contributed by atoms with Gasteiger partial charge in [0.05, 0.1) is 6.10 Å². The summed E-state index contributed by atoms with van der Waals surface area (Å²) in [6.45, 7) is 7.12. The van der Waals surface area contributed by atoms with Crippen molar-refractivity contribution in [2.75, 3.05) is 11.9 Å². The maximum absolute atomic E-state index is 13.1. The summed E-state index contributed by atoms with van der Waals surface area (Å²) >= 11 is 0. The molecule has 21 heavy (non-hydrogen) atoms. The number of rotatable bonds is 3. The van der Waals surface area contributed by atoms with Gasteiger partial charge in [-0.25, -0.2) is 4.39 Å². The average Bonchev–Trinajstić information content (AvgIpc) is 2.38. The van der Waals surface area contributed by atoms with Crippen LogP contribution < -0.4 is 10.6 Å². The van der Waals surface area contributed by atoms with Crippen molar-refractivity contribution in [2.24, 2.45) is 5.41 Å². The number of halogens is 1. The molecule has 1 atom stereocenters. The normalized spacial score (nSPS) is 12.7. The molecule has 0 saturated carbocycles. The molecule has 1 aromatic carbocycles. The van der Waals surface area contributed by atoms with E-state index in [0.29, 0.717) is 5.56 Å². The van der Waals surface area contributed by atoms with E-state index in [-0.39, 0.29) is 12.2 Å². The number of carbonyl (C=O) groups excluding carboxylic acids is 2. The summed E-state index contributed by atoms with van der Waals surface area (Å²) in [5, 5.41) is 14.5.